The van der Waals surface area contributed by atoms with Gasteiger partial charge in [0.1, 0.15) is 6.29 Å². The first-order valence-corrected chi connectivity index (χ1v) is 5.99. The first kappa shape index (κ1) is 11.3. The summed E-state index contributed by atoms with van der Waals surface area (Å²) >= 11 is 1.75. The Morgan fingerprint density at radius 1 is 1.50 bits per heavy atom. The fraction of sp³-hybridized carbons (Fsp3) is 0.417. The first-order chi connectivity index (χ1) is 6.69. The van der Waals surface area contributed by atoms with Crippen LogP contribution in [0.3, 0.4) is 0 Å². The van der Waals surface area contributed by atoms with E-state index in [1.165, 1.54) is 16.0 Å². The molecular weight excluding hydrogens is 192 g/mol. The summed E-state index contributed by atoms with van der Waals surface area (Å²) in [7, 11) is 0. The fourth-order valence-corrected chi connectivity index (χ4v) is 2.10. The van der Waals surface area contributed by atoms with Gasteiger partial charge in [0.2, 0.25) is 0 Å². The Morgan fingerprint density at radius 2 is 2.21 bits per heavy atom. The van der Waals surface area contributed by atoms with Crippen LogP contribution in [0.4, 0.5) is 0 Å². The maximum atomic E-state index is 10.4. The van der Waals surface area contributed by atoms with Crippen LogP contribution < -0.4 is 0 Å². The molecule has 0 heterocycles. The van der Waals surface area contributed by atoms with Gasteiger partial charge >= 0.3 is 0 Å². The number of hydrogen-bond acceptors (Lipinski definition) is 2. The molecule has 76 valence electrons. The zero-order chi connectivity index (χ0) is 10.6. The van der Waals surface area contributed by atoms with E-state index >= 15 is 0 Å². The third-order valence-electron chi connectivity index (χ3n) is 2.46. The molecule has 0 radical (unpaired) electrons. The quantitative estimate of drug-likeness (QED) is 0.557. The van der Waals surface area contributed by atoms with Crippen LogP contribution in [0.25, 0.3) is 0 Å². The Balaban J connectivity index is 2.93. The molecule has 0 amide bonds. The van der Waals surface area contributed by atoms with Crippen LogP contribution in [0, 0.1) is 6.92 Å². The van der Waals surface area contributed by atoms with Crippen LogP contribution in [0.15, 0.2) is 23.1 Å². The second-order valence-corrected chi connectivity index (χ2v) is 4.41. The molecule has 2 heteroatoms. The molecule has 0 N–H and O–H groups in total. The van der Waals surface area contributed by atoms with E-state index in [4.69, 9.17) is 0 Å². The van der Waals surface area contributed by atoms with Gasteiger partial charge in [-0.3, -0.25) is 0 Å². The summed E-state index contributed by atoms with van der Waals surface area (Å²) in [5.74, 6) is 0.336. The highest BCUT2D eigenvalue weighted by Crippen LogP contribution is 2.25. The standard InChI is InChI=1S/C12H16OS/c1-9(6-7-13)12-5-4-11(14-3)8-10(12)2/h4-5,7-9H,6H2,1-3H3. The van der Waals surface area contributed by atoms with Crippen molar-refractivity contribution in [1.29, 1.82) is 0 Å². The van der Waals surface area contributed by atoms with E-state index in [-0.39, 0.29) is 0 Å². The Bertz CT molecular complexity index is 320. The second-order valence-electron chi connectivity index (χ2n) is 3.53. The van der Waals surface area contributed by atoms with Gasteiger partial charge in [-0.15, -0.1) is 11.8 Å². The van der Waals surface area contributed by atoms with Crippen LogP contribution in [0.5, 0.6) is 0 Å². The topological polar surface area (TPSA) is 17.1 Å². The smallest absolute Gasteiger partial charge is 0.120 e. The third kappa shape index (κ3) is 2.61. The van der Waals surface area contributed by atoms with Crippen molar-refractivity contribution >= 4 is 18.0 Å². The van der Waals surface area contributed by atoms with Crippen molar-refractivity contribution in [2.75, 3.05) is 6.26 Å². The van der Waals surface area contributed by atoms with Crippen molar-refractivity contribution in [3.05, 3.63) is 29.3 Å². The van der Waals surface area contributed by atoms with E-state index in [0.717, 1.165) is 6.29 Å². The fourth-order valence-electron chi connectivity index (χ4n) is 1.60. The molecule has 0 aliphatic rings. The summed E-state index contributed by atoms with van der Waals surface area (Å²) in [5.41, 5.74) is 2.57. The molecule has 0 saturated carbocycles. The molecule has 1 unspecified atom stereocenters. The molecule has 1 aromatic rings. The molecule has 1 atom stereocenters. The molecule has 0 aliphatic heterocycles. The lowest BCUT2D eigenvalue weighted by atomic mass is 9.94. The highest BCUT2D eigenvalue weighted by molar-refractivity contribution is 7.98. The summed E-state index contributed by atoms with van der Waals surface area (Å²) in [6, 6.07) is 6.44. The number of carbonyl (C=O) groups excluding carboxylic acids is 1. The Hall–Kier alpha value is -0.760. The molecule has 0 aromatic heterocycles. The van der Waals surface area contributed by atoms with E-state index < -0.39 is 0 Å². The van der Waals surface area contributed by atoms with Crippen LogP contribution >= 0.6 is 11.8 Å². The summed E-state index contributed by atoms with van der Waals surface area (Å²) in [6.07, 6.45) is 3.68. The number of aryl methyl sites for hydroxylation is 1. The lowest BCUT2D eigenvalue weighted by Crippen LogP contribution is -1.97. The van der Waals surface area contributed by atoms with Crippen molar-refractivity contribution in [2.24, 2.45) is 0 Å². The van der Waals surface area contributed by atoms with Gasteiger partial charge in [0.25, 0.3) is 0 Å². The average Bonchev–Trinajstić information content (AvgIpc) is 2.17. The maximum Gasteiger partial charge on any atom is 0.120 e. The van der Waals surface area contributed by atoms with Gasteiger partial charge in [0.15, 0.2) is 0 Å². The number of thioether (sulfide) groups is 1. The molecular formula is C12H16OS. The number of benzene rings is 1. The van der Waals surface area contributed by atoms with Crippen LogP contribution in [-0.2, 0) is 4.79 Å². The highest BCUT2D eigenvalue weighted by atomic mass is 32.2. The summed E-state index contributed by atoms with van der Waals surface area (Å²) in [5, 5.41) is 0. The Morgan fingerprint density at radius 3 is 2.71 bits per heavy atom. The summed E-state index contributed by atoms with van der Waals surface area (Å²) in [6.45, 7) is 4.20. The van der Waals surface area contributed by atoms with Crippen LogP contribution in [-0.4, -0.2) is 12.5 Å². The van der Waals surface area contributed by atoms with E-state index in [9.17, 15) is 4.79 Å². The van der Waals surface area contributed by atoms with E-state index in [1.807, 2.05) is 0 Å². The third-order valence-corrected chi connectivity index (χ3v) is 3.18. The van der Waals surface area contributed by atoms with Crippen molar-refractivity contribution < 1.29 is 4.79 Å². The minimum absolute atomic E-state index is 0.336. The molecule has 0 fully saturated rings. The number of carbonyl (C=O) groups is 1. The van der Waals surface area contributed by atoms with Gasteiger partial charge in [-0.2, -0.15) is 0 Å². The molecule has 1 aromatic carbocycles. The van der Waals surface area contributed by atoms with Crippen LogP contribution in [0.1, 0.15) is 30.4 Å². The summed E-state index contributed by atoms with van der Waals surface area (Å²) < 4.78 is 0. The van der Waals surface area contributed by atoms with Gasteiger partial charge in [-0.05, 0) is 42.4 Å². The normalized spacial score (nSPS) is 12.5. The van der Waals surface area contributed by atoms with Crippen molar-refractivity contribution in [2.45, 2.75) is 31.1 Å². The van der Waals surface area contributed by atoms with Crippen LogP contribution in [0.2, 0.25) is 0 Å². The SMILES string of the molecule is CSc1ccc(C(C)CC=O)c(C)c1. The lowest BCUT2D eigenvalue weighted by molar-refractivity contribution is -0.108. The summed E-state index contributed by atoms with van der Waals surface area (Å²) in [4.78, 5) is 11.7. The van der Waals surface area contributed by atoms with Crippen molar-refractivity contribution in [3.63, 3.8) is 0 Å². The molecule has 0 bridgehead atoms. The van der Waals surface area contributed by atoms with Gasteiger partial charge < -0.3 is 4.79 Å². The number of aldehydes is 1. The van der Waals surface area contributed by atoms with Gasteiger partial charge in [-0.25, -0.2) is 0 Å². The number of rotatable bonds is 4. The van der Waals surface area contributed by atoms with E-state index in [2.05, 4.69) is 38.3 Å². The maximum absolute atomic E-state index is 10.4. The van der Waals surface area contributed by atoms with Gasteiger partial charge in [0.05, 0.1) is 0 Å². The van der Waals surface area contributed by atoms with Gasteiger partial charge in [-0.1, -0.05) is 13.0 Å². The molecule has 0 spiro atoms. The molecule has 0 aliphatic carbocycles. The number of hydrogen-bond donors (Lipinski definition) is 0. The first-order valence-electron chi connectivity index (χ1n) is 4.77. The highest BCUT2D eigenvalue weighted by Gasteiger charge is 2.07. The van der Waals surface area contributed by atoms with E-state index in [1.54, 1.807) is 11.8 Å². The zero-order valence-corrected chi connectivity index (χ0v) is 9.73. The van der Waals surface area contributed by atoms with Crippen molar-refractivity contribution in [3.8, 4) is 0 Å². The van der Waals surface area contributed by atoms with E-state index in [0.29, 0.717) is 12.3 Å². The molecule has 14 heavy (non-hydrogen) atoms. The lowest BCUT2D eigenvalue weighted by Gasteiger charge is -2.12. The van der Waals surface area contributed by atoms with Gasteiger partial charge in [0, 0.05) is 11.3 Å². The minimum atomic E-state index is 0.336. The largest absolute Gasteiger partial charge is 0.303 e. The monoisotopic (exact) mass is 208 g/mol. The predicted octanol–water partition coefficient (Wildman–Crippen LogP) is 3.41. The predicted molar refractivity (Wildman–Crippen MR) is 62.1 cm³/mol. The Kier molecular flexibility index (Phi) is 4.21. The molecule has 0 saturated heterocycles. The van der Waals surface area contributed by atoms with Crippen molar-refractivity contribution in [1.82, 2.24) is 0 Å². The second kappa shape index (κ2) is 5.20. The molecule has 1 nitrogen and oxygen atoms in total. The molecule has 1 rings (SSSR count). The average molecular weight is 208 g/mol. The Labute approximate surface area is 89.9 Å². The zero-order valence-electron chi connectivity index (χ0n) is 8.91. The minimum Gasteiger partial charge on any atom is -0.303 e.